The summed E-state index contributed by atoms with van der Waals surface area (Å²) in [5.41, 5.74) is 2.48. The molecule has 1 amide bonds. The Morgan fingerprint density at radius 2 is 2.12 bits per heavy atom. The van der Waals surface area contributed by atoms with Gasteiger partial charge in [-0.15, -0.1) is 11.3 Å². The molecule has 0 saturated carbocycles. The number of halogens is 1. The molecule has 7 heteroatoms. The van der Waals surface area contributed by atoms with Crippen LogP contribution in [0.5, 0.6) is 5.75 Å². The highest BCUT2D eigenvalue weighted by molar-refractivity contribution is 7.14. The fourth-order valence-electron chi connectivity index (χ4n) is 2.06. The zero-order valence-corrected chi connectivity index (χ0v) is 13.9. The van der Waals surface area contributed by atoms with Crippen LogP contribution in [-0.2, 0) is 0 Å². The number of rotatable bonds is 4. The molecule has 2 aromatic heterocycles. The summed E-state index contributed by atoms with van der Waals surface area (Å²) in [6.07, 6.45) is 1.51. The minimum Gasteiger partial charge on any atom is -0.494 e. The highest BCUT2D eigenvalue weighted by Crippen LogP contribution is 2.28. The van der Waals surface area contributed by atoms with E-state index in [9.17, 15) is 9.18 Å². The number of carbonyl (C=O) groups is 1. The number of thiazole rings is 1. The molecule has 1 aromatic carbocycles. The van der Waals surface area contributed by atoms with Gasteiger partial charge in [0.05, 0.1) is 18.4 Å². The second-order valence-electron chi connectivity index (χ2n) is 5.03. The van der Waals surface area contributed by atoms with Crippen molar-refractivity contribution in [2.75, 3.05) is 12.4 Å². The van der Waals surface area contributed by atoms with E-state index in [-0.39, 0.29) is 11.7 Å². The molecule has 0 radical (unpaired) electrons. The number of methoxy groups -OCH3 is 1. The van der Waals surface area contributed by atoms with Crippen LogP contribution < -0.4 is 10.1 Å². The van der Waals surface area contributed by atoms with Gasteiger partial charge >= 0.3 is 0 Å². The first kappa shape index (κ1) is 16.1. The van der Waals surface area contributed by atoms with E-state index >= 15 is 0 Å². The van der Waals surface area contributed by atoms with Gasteiger partial charge in [-0.25, -0.2) is 9.37 Å². The SMILES string of the molecule is COc1ccc(-c2csc(NC(=O)c3ccc(C)nc3)n2)cc1F. The first-order valence-corrected chi connectivity index (χ1v) is 7.98. The Morgan fingerprint density at radius 1 is 1.29 bits per heavy atom. The van der Waals surface area contributed by atoms with Gasteiger partial charge in [0.1, 0.15) is 0 Å². The van der Waals surface area contributed by atoms with E-state index in [4.69, 9.17) is 4.74 Å². The van der Waals surface area contributed by atoms with Crippen molar-refractivity contribution in [2.45, 2.75) is 6.92 Å². The van der Waals surface area contributed by atoms with Gasteiger partial charge in [-0.05, 0) is 37.3 Å². The van der Waals surface area contributed by atoms with Crippen molar-refractivity contribution in [3.05, 3.63) is 59.0 Å². The lowest BCUT2D eigenvalue weighted by Crippen LogP contribution is -2.12. The van der Waals surface area contributed by atoms with Crippen molar-refractivity contribution in [1.29, 1.82) is 0 Å². The third kappa shape index (κ3) is 3.41. The van der Waals surface area contributed by atoms with Crippen molar-refractivity contribution in [3.8, 4) is 17.0 Å². The molecule has 0 unspecified atom stereocenters. The molecule has 2 heterocycles. The molecule has 5 nitrogen and oxygen atoms in total. The first-order valence-electron chi connectivity index (χ1n) is 7.10. The van der Waals surface area contributed by atoms with E-state index in [0.717, 1.165) is 5.69 Å². The number of carbonyl (C=O) groups excluding carboxylic acids is 1. The minimum absolute atomic E-state index is 0.175. The second kappa shape index (κ2) is 6.76. The number of ether oxygens (including phenoxy) is 1. The maximum absolute atomic E-state index is 13.8. The van der Waals surface area contributed by atoms with Crippen molar-refractivity contribution in [2.24, 2.45) is 0 Å². The average Bonchev–Trinajstić information content (AvgIpc) is 3.04. The number of pyridine rings is 1. The maximum Gasteiger partial charge on any atom is 0.259 e. The molecule has 0 aliphatic carbocycles. The molecule has 0 atom stereocenters. The van der Waals surface area contributed by atoms with Gasteiger partial charge < -0.3 is 4.74 Å². The van der Waals surface area contributed by atoms with Gasteiger partial charge in [0.2, 0.25) is 0 Å². The molecular weight excluding hydrogens is 329 g/mol. The summed E-state index contributed by atoms with van der Waals surface area (Å²) in [5, 5.41) is 4.91. The predicted molar refractivity (Wildman–Crippen MR) is 91.0 cm³/mol. The Morgan fingerprint density at radius 3 is 2.79 bits per heavy atom. The largest absolute Gasteiger partial charge is 0.494 e. The molecule has 0 aliphatic rings. The van der Waals surface area contributed by atoms with Crippen LogP contribution in [0.1, 0.15) is 16.1 Å². The summed E-state index contributed by atoms with van der Waals surface area (Å²) in [6, 6.07) is 8.07. The molecule has 0 bridgehead atoms. The number of aryl methyl sites for hydroxylation is 1. The van der Waals surface area contributed by atoms with Gasteiger partial charge in [-0.1, -0.05) is 0 Å². The van der Waals surface area contributed by atoms with Crippen LogP contribution in [-0.4, -0.2) is 23.0 Å². The summed E-state index contributed by atoms with van der Waals surface area (Å²) in [4.78, 5) is 20.6. The third-order valence-electron chi connectivity index (χ3n) is 3.35. The van der Waals surface area contributed by atoms with E-state index < -0.39 is 5.82 Å². The number of nitrogens with one attached hydrogen (secondary N) is 1. The third-order valence-corrected chi connectivity index (χ3v) is 4.10. The molecule has 0 spiro atoms. The predicted octanol–water partition coefficient (Wildman–Crippen LogP) is 3.91. The van der Waals surface area contributed by atoms with E-state index in [1.807, 2.05) is 6.92 Å². The Balaban J connectivity index is 1.77. The monoisotopic (exact) mass is 343 g/mol. The standard InChI is InChI=1S/C17H14FN3O2S/c1-10-3-4-12(8-19-10)16(22)21-17-20-14(9-24-17)11-5-6-15(23-2)13(18)7-11/h3-9H,1-2H3,(H,20,21,22). The Kier molecular flexibility index (Phi) is 4.52. The van der Waals surface area contributed by atoms with Gasteiger partial charge in [0, 0.05) is 22.8 Å². The molecule has 3 rings (SSSR count). The number of hydrogen-bond acceptors (Lipinski definition) is 5. The van der Waals surface area contributed by atoms with Crippen LogP contribution in [0.3, 0.4) is 0 Å². The number of amides is 1. The zero-order valence-electron chi connectivity index (χ0n) is 13.0. The Labute approximate surface area is 142 Å². The Hall–Kier alpha value is -2.80. The van der Waals surface area contributed by atoms with Crippen LogP contribution in [0.4, 0.5) is 9.52 Å². The molecule has 24 heavy (non-hydrogen) atoms. The van der Waals surface area contributed by atoms with Gasteiger partial charge in [-0.2, -0.15) is 0 Å². The average molecular weight is 343 g/mol. The zero-order chi connectivity index (χ0) is 17.1. The fraction of sp³-hybridized carbons (Fsp3) is 0.118. The highest BCUT2D eigenvalue weighted by atomic mass is 32.1. The first-order chi connectivity index (χ1) is 11.6. The van der Waals surface area contributed by atoms with Crippen LogP contribution in [0.25, 0.3) is 11.3 Å². The van der Waals surface area contributed by atoms with Crippen molar-refractivity contribution >= 4 is 22.4 Å². The number of anilines is 1. The number of hydrogen-bond donors (Lipinski definition) is 1. The van der Waals surface area contributed by atoms with Gasteiger partial charge in [0.25, 0.3) is 5.91 Å². The van der Waals surface area contributed by atoms with Gasteiger partial charge in [-0.3, -0.25) is 15.1 Å². The van der Waals surface area contributed by atoms with Crippen molar-refractivity contribution in [1.82, 2.24) is 9.97 Å². The molecule has 0 aliphatic heterocycles. The second-order valence-corrected chi connectivity index (χ2v) is 5.89. The van der Waals surface area contributed by atoms with Gasteiger partial charge in [0.15, 0.2) is 16.7 Å². The summed E-state index contributed by atoms with van der Waals surface area (Å²) in [7, 11) is 1.41. The molecule has 122 valence electrons. The molecule has 0 saturated heterocycles. The molecule has 0 fully saturated rings. The quantitative estimate of drug-likeness (QED) is 0.780. The minimum atomic E-state index is -0.459. The van der Waals surface area contributed by atoms with E-state index in [0.29, 0.717) is 22.0 Å². The lowest BCUT2D eigenvalue weighted by atomic mass is 10.1. The fourth-order valence-corrected chi connectivity index (χ4v) is 2.78. The number of aromatic nitrogens is 2. The van der Waals surface area contributed by atoms with E-state index in [1.165, 1.54) is 30.7 Å². The van der Waals surface area contributed by atoms with E-state index in [1.54, 1.807) is 29.6 Å². The Bertz CT molecular complexity index is 878. The smallest absolute Gasteiger partial charge is 0.259 e. The lowest BCUT2D eigenvalue weighted by molar-refractivity contribution is 0.102. The van der Waals surface area contributed by atoms with Crippen LogP contribution in [0.15, 0.2) is 41.9 Å². The van der Waals surface area contributed by atoms with Crippen molar-refractivity contribution < 1.29 is 13.9 Å². The summed E-state index contributed by atoms with van der Waals surface area (Å²) < 4.78 is 18.7. The van der Waals surface area contributed by atoms with Crippen LogP contribution >= 0.6 is 11.3 Å². The van der Waals surface area contributed by atoms with Crippen molar-refractivity contribution in [3.63, 3.8) is 0 Å². The number of benzene rings is 1. The molecule has 1 N–H and O–H groups in total. The molecule has 3 aromatic rings. The maximum atomic E-state index is 13.8. The normalized spacial score (nSPS) is 10.5. The summed E-state index contributed by atoms with van der Waals surface area (Å²) >= 11 is 1.27. The highest BCUT2D eigenvalue weighted by Gasteiger charge is 2.12. The van der Waals surface area contributed by atoms with Crippen LogP contribution in [0, 0.1) is 12.7 Å². The van der Waals surface area contributed by atoms with Crippen LogP contribution in [0.2, 0.25) is 0 Å². The van der Waals surface area contributed by atoms with E-state index in [2.05, 4.69) is 15.3 Å². The lowest BCUT2D eigenvalue weighted by Gasteiger charge is -2.03. The summed E-state index contributed by atoms with van der Waals surface area (Å²) in [5.74, 6) is -0.571. The summed E-state index contributed by atoms with van der Waals surface area (Å²) in [6.45, 7) is 1.85. The molecular formula is C17H14FN3O2S. The topological polar surface area (TPSA) is 64.1 Å². The number of nitrogens with zero attached hydrogens (tertiary/aromatic N) is 2.